The van der Waals surface area contributed by atoms with Crippen LogP contribution in [0.2, 0.25) is 0 Å². The largest absolute Gasteiger partial charge is 0.416 e. The Labute approximate surface area is 158 Å². The van der Waals surface area contributed by atoms with Gasteiger partial charge >= 0.3 is 6.18 Å². The fourth-order valence-corrected chi connectivity index (χ4v) is 3.45. The molecule has 1 heterocycles. The third-order valence-corrected chi connectivity index (χ3v) is 4.83. The third kappa shape index (κ3) is 5.65. The molecule has 140 valence electrons. The van der Waals surface area contributed by atoms with Crippen LogP contribution in [0.1, 0.15) is 28.0 Å². The third-order valence-electron chi connectivity index (χ3n) is 3.92. The fraction of sp³-hybridized carbons (Fsp3) is 0.200. The Kier molecular flexibility index (Phi) is 5.91. The zero-order valence-corrected chi connectivity index (χ0v) is 15.1. The van der Waals surface area contributed by atoms with E-state index in [-0.39, 0.29) is 5.91 Å². The predicted molar refractivity (Wildman–Crippen MR) is 99.8 cm³/mol. The van der Waals surface area contributed by atoms with Crippen LogP contribution in [0.4, 0.5) is 18.3 Å². The zero-order valence-electron chi connectivity index (χ0n) is 14.3. The molecule has 0 aliphatic rings. The number of aromatic nitrogens is 1. The number of carbonyl (C=O) groups is 1. The van der Waals surface area contributed by atoms with E-state index in [0.29, 0.717) is 30.0 Å². The Morgan fingerprint density at radius 1 is 1.04 bits per heavy atom. The maximum absolute atomic E-state index is 12.8. The number of hydrogen-bond donors (Lipinski definition) is 1. The Bertz CT molecular complexity index is 907. The molecule has 0 saturated carbocycles. The maximum atomic E-state index is 12.8. The van der Waals surface area contributed by atoms with E-state index in [1.807, 2.05) is 30.3 Å². The fourth-order valence-electron chi connectivity index (χ4n) is 2.59. The molecule has 3 rings (SSSR count). The van der Waals surface area contributed by atoms with Crippen molar-refractivity contribution >= 4 is 22.4 Å². The standard InChI is InChI=1S/C20H17F3N2OS/c21-20(22,23)16-8-4-7-15(11-16)12-17-13-24-19(27-17)25-18(26)10-9-14-5-2-1-3-6-14/h1-8,11,13H,9-10,12H2,(H,24,25,26). The minimum Gasteiger partial charge on any atom is -0.302 e. The first-order valence-corrected chi connectivity index (χ1v) is 9.16. The van der Waals surface area contributed by atoms with E-state index in [0.717, 1.165) is 22.6 Å². The van der Waals surface area contributed by atoms with E-state index in [1.165, 1.54) is 17.4 Å². The van der Waals surface area contributed by atoms with Gasteiger partial charge in [-0.1, -0.05) is 48.5 Å². The number of aryl methyl sites for hydroxylation is 1. The average molecular weight is 390 g/mol. The number of nitrogens with zero attached hydrogens (tertiary/aromatic N) is 1. The summed E-state index contributed by atoms with van der Waals surface area (Å²) in [4.78, 5) is 17.0. The first kappa shape index (κ1) is 19.1. The number of halogens is 3. The average Bonchev–Trinajstić information content (AvgIpc) is 3.07. The van der Waals surface area contributed by atoms with Crippen molar-refractivity contribution in [2.45, 2.75) is 25.4 Å². The minimum atomic E-state index is -4.36. The molecule has 3 aromatic rings. The topological polar surface area (TPSA) is 42.0 Å². The zero-order chi connectivity index (χ0) is 19.3. The van der Waals surface area contributed by atoms with Crippen LogP contribution in [0.3, 0.4) is 0 Å². The van der Waals surface area contributed by atoms with Crippen molar-refractivity contribution in [1.82, 2.24) is 4.98 Å². The Morgan fingerprint density at radius 3 is 2.52 bits per heavy atom. The van der Waals surface area contributed by atoms with Gasteiger partial charge in [0.15, 0.2) is 5.13 Å². The van der Waals surface area contributed by atoms with Gasteiger partial charge in [0, 0.05) is 23.9 Å². The second-order valence-electron chi connectivity index (χ2n) is 6.04. The summed E-state index contributed by atoms with van der Waals surface area (Å²) in [6.45, 7) is 0. The highest BCUT2D eigenvalue weighted by molar-refractivity contribution is 7.15. The first-order valence-electron chi connectivity index (χ1n) is 8.35. The van der Waals surface area contributed by atoms with E-state index < -0.39 is 11.7 Å². The highest BCUT2D eigenvalue weighted by atomic mass is 32.1. The number of amides is 1. The van der Waals surface area contributed by atoms with Crippen LogP contribution in [-0.2, 0) is 23.8 Å². The molecule has 1 N–H and O–H groups in total. The molecule has 3 nitrogen and oxygen atoms in total. The summed E-state index contributed by atoms with van der Waals surface area (Å²) in [5.74, 6) is -0.140. The number of rotatable bonds is 6. The van der Waals surface area contributed by atoms with Crippen LogP contribution in [0.15, 0.2) is 60.8 Å². The van der Waals surface area contributed by atoms with Gasteiger partial charge in [-0.2, -0.15) is 13.2 Å². The summed E-state index contributed by atoms with van der Waals surface area (Å²) in [6, 6.07) is 14.9. The highest BCUT2D eigenvalue weighted by Crippen LogP contribution is 2.30. The first-order chi connectivity index (χ1) is 12.9. The van der Waals surface area contributed by atoms with Crippen LogP contribution in [0.25, 0.3) is 0 Å². The lowest BCUT2D eigenvalue weighted by Crippen LogP contribution is -2.11. The van der Waals surface area contributed by atoms with Gasteiger partial charge in [0.25, 0.3) is 0 Å². The van der Waals surface area contributed by atoms with E-state index in [1.54, 1.807) is 12.3 Å². The number of benzene rings is 2. The van der Waals surface area contributed by atoms with Crippen molar-refractivity contribution in [3.63, 3.8) is 0 Å². The molecule has 0 fully saturated rings. The molecule has 2 aromatic carbocycles. The molecular weight excluding hydrogens is 373 g/mol. The van der Waals surface area contributed by atoms with Crippen LogP contribution in [-0.4, -0.2) is 10.9 Å². The number of hydrogen-bond acceptors (Lipinski definition) is 3. The molecule has 0 aliphatic heterocycles. The van der Waals surface area contributed by atoms with E-state index >= 15 is 0 Å². The lowest BCUT2D eigenvalue weighted by molar-refractivity contribution is -0.137. The molecule has 0 saturated heterocycles. The smallest absolute Gasteiger partial charge is 0.302 e. The Hall–Kier alpha value is -2.67. The van der Waals surface area contributed by atoms with Crippen molar-refractivity contribution in [2.75, 3.05) is 5.32 Å². The van der Waals surface area contributed by atoms with Gasteiger partial charge in [-0.15, -0.1) is 11.3 Å². The van der Waals surface area contributed by atoms with E-state index in [9.17, 15) is 18.0 Å². The second-order valence-corrected chi connectivity index (χ2v) is 7.16. The Balaban J connectivity index is 1.56. The summed E-state index contributed by atoms with van der Waals surface area (Å²) in [5.41, 5.74) is 0.964. The van der Waals surface area contributed by atoms with Crippen LogP contribution in [0, 0.1) is 0 Å². The lowest BCUT2D eigenvalue weighted by Gasteiger charge is -2.07. The van der Waals surface area contributed by atoms with E-state index in [4.69, 9.17) is 0 Å². The summed E-state index contributed by atoms with van der Waals surface area (Å²) in [6.07, 6.45) is -1.47. The quantitative estimate of drug-likeness (QED) is 0.619. The van der Waals surface area contributed by atoms with Crippen LogP contribution >= 0.6 is 11.3 Å². The minimum absolute atomic E-state index is 0.140. The second kappa shape index (κ2) is 8.35. The molecule has 1 aromatic heterocycles. The number of alkyl halides is 3. The van der Waals surface area contributed by atoms with Crippen molar-refractivity contribution < 1.29 is 18.0 Å². The molecule has 0 aliphatic carbocycles. The molecule has 0 atom stereocenters. The maximum Gasteiger partial charge on any atom is 0.416 e. The van der Waals surface area contributed by atoms with Gasteiger partial charge < -0.3 is 5.32 Å². The molecule has 1 amide bonds. The SMILES string of the molecule is O=C(CCc1ccccc1)Nc1ncc(Cc2cccc(C(F)(F)F)c2)s1. The molecular formula is C20H17F3N2OS. The van der Waals surface area contributed by atoms with Gasteiger partial charge in [-0.25, -0.2) is 4.98 Å². The van der Waals surface area contributed by atoms with Gasteiger partial charge in [-0.3, -0.25) is 4.79 Å². The molecule has 0 unspecified atom stereocenters. The number of carbonyl (C=O) groups excluding carboxylic acids is 1. The van der Waals surface area contributed by atoms with Crippen molar-refractivity contribution in [2.24, 2.45) is 0 Å². The number of nitrogens with one attached hydrogen (secondary N) is 1. The van der Waals surface area contributed by atoms with Gasteiger partial charge in [0.2, 0.25) is 5.91 Å². The molecule has 7 heteroatoms. The highest BCUT2D eigenvalue weighted by Gasteiger charge is 2.30. The lowest BCUT2D eigenvalue weighted by atomic mass is 10.1. The number of anilines is 1. The van der Waals surface area contributed by atoms with Crippen LogP contribution in [0.5, 0.6) is 0 Å². The molecule has 0 spiro atoms. The summed E-state index contributed by atoms with van der Waals surface area (Å²) >= 11 is 1.27. The number of thiazole rings is 1. The van der Waals surface area contributed by atoms with Gasteiger partial charge in [0.05, 0.1) is 5.56 Å². The summed E-state index contributed by atoms with van der Waals surface area (Å²) in [5, 5.41) is 3.20. The van der Waals surface area contributed by atoms with Gasteiger partial charge in [-0.05, 0) is 23.6 Å². The summed E-state index contributed by atoms with van der Waals surface area (Å²) in [7, 11) is 0. The van der Waals surface area contributed by atoms with Gasteiger partial charge in [0.1, 0.15) is 0 Å². The van der Waals surface area contributed by atoms with Crippen molar-refractivity contribution in [3.8, 4) is 0 Å². The predicted octanol–water partition coefficient (Wildman–Crippen LogP) is 5.32. The van der Waals surface area contributed by atoms with E-state index in [2.05, 4.69) is 10.3 Å². The van der Waals surface area contributed by atoms with Crippen molar-refractivity contribution in [1.29, 1.82) is 0 Å². The van der Waals surface area contributed by atoms with Crippen molar-refractivity contribution in [3.05, 3.63) is 82.4 Å². The molecule has 0 bridgehead atoms. The monoisotopic (exact) mass is 390 g/mol. The Morgan fingerprint density at radius 2 is 1.78 bits per heavy atom. The molecule has 27 heavy (non-hydrogen) atoms. The normalized spacial score (nSPS) is 11.4. The van der Waals surface area contributed by atoms with Crippen LogP contribution < -0.4 is 5.32 Å². The summed E-state index contributed by atoms with van der Waals surface area (Å²) < 4.78 is 38.4. The molecule has 0 radical (unpaired) electrons.